The molecule has 0 bridgehead atoms. The SMILES string of the molecule is Cc1cccn2c(=O)c(C=C3SC(=S)N(C4CCCC4)C3=O)c(NCC(O)c3ccccc3)nc12. The molecule has 1 aromatic carbocycles. The first-order chi connectivity index (χ1) is 16.9. The average Bonchev–Trinajstić information content (AvgIpc) is 3.48. The number of rotatable bonds is 6. The van der Waals surface area contributed by atoms with E-state index < -0.39 is 6.10 Å². The highest BCUT2D eigenvalue weighted by atomic mass is 32.2. The fraction of sp³-hybridized carbons (Fsp3) is 0.308. The summed E-state index contributed by atoms with van der Waals surface area (Å²) in [7, 11) is 0. The zero-order chi connectivity index (χ0) is 24.5. The number of hydrogen-bond acceptors (Lipinski definition) is 7. The Morgan fingerprint density at radius 2 is 1.94 bits per heavy atom. The van der Waals surface area contributed by atoms with Crippen LogP contribution < -0.4 is 10.9 Å². The maximum absolute atomic E-state index is 13.5. The molecule has 1 atom stereocenters. The summed E-state index contributed by atoms with van der Waals surface area (Å²) in [6.45, 7) is 2.04. The molecule has 1 aliphatic heterocycles. The van der Waals surface area contributed by atoms with E-state index in [1.165, 1.54) is 16.2 Å². The smallest absolute Gasteiger partial charge is 0.267 e. The number of pyridine rings is 1. The van der Waals surface area contributed by atoms with E-state index in [1.54, 1.807) is 23.2 Å². The van der Waals surface area contributed by atoms with Gasteiger partial charge in [0.15, 0.2) is 0 Å². The molecule has 180 valence electrons. The molecule has 3 heterocycles. The normalized spacial score (nSPS) is 18.7. The first-order valence-corrected chi connectivity index (χ1v) is 12.9. The monoisotopic (exact) mass is 506 g/mol. The number of nitrogens with one attached hydrogen (secondary N) is 1. The first-order valence-electron chi connectivity index (χ1n) is 11.7. The van der Waals surface area contributed by atoms with Crippen molar-refractivity contribution in [1.29, 1.82) is 0 Å². The molecule has 1 saturated heterocycles. The lowest BCUT2D eigenvalue weighted by molar-refractivity contribution is -0.123. The third kappa shape index (κ3) is 4.63. The van der Waals surface area contributed by atoms with Crippen LogP contribution in [0.2, 0.25) is 0 Å². The zero-order valence-electron chi connectivity index (χ0n) is 19.3. The summed E-state index contributed by atoms with van der Waals surface area (Å²) in [5.41, 5.74) is 2.09. The van der Waals surface area contributed by atoms with E-state index >= 15 is 0 Å². The summed E-state index contributed by atoms with van der Waals surface area (Å²) in [6.07, 6.45) is 6.55. The maximum atomic E-state index is 13.5. The maximum Gasteiger partial charge on any atom is 0.267 e. The molecule has 2 aromatic heterocycles. The van der Waals surface area contributed by atoms with Crippen LogP contribution in [0.15, 0.2) is 58.4 Å². The molecule has 9 heteroatoms. The molecule has 3 aromatic rings. The van der Waals surface area contributed by atoms with Gasteiger partial charge < -0.3 is 10.4 Å². The zero-order valence-corrected chi connectivity index (χ0v) is 20.9. The Hall–Kier alpha value is -3.01. The van der Waals surface area contributed by atoms with Gasteiger partial charge in [0.2, 0.25) is 0 Å². The van der Waals surface area contributed by atoms with Gasteiger partial charge >= 0.3 is 0 Å². The first kappa shape index (κ1) is 23.7. The van der Waals surface area contributed by atoms with Crippen molar-refractivity contribution in [3.8, 4) is 0 Å². The molecule has 2 aliphatic rings. The number of aromatic nitrogens is 2. The van der Waals surface area contributed by atoms with Crippen LogP contribution in [-0.4, -0.2) is 42.2 Å². The number of carbonyl (C=O) groups is 1. The minimum absolute atomic E-state index is 0.130. The molecule has 1 aliphatic carbocycles. The highest BCUT2D eigenvalue weighted by Crippen LogP contribution is 2.38. The fourth-order valence-corrected chi connectivity index (χ4v) is 6.03. The Balaban J connectivity index is 1.53. The summed E-state index contributed by atoms with van der Waals surface area (Å²) in [6, 6.07) is 13.1. The van der Waals surface area contributed by atoms with Crippen molar-refractivity contribution in [3.05, 3.63) is 80.6 Å². The van der Waals surface area contributed by atoms with Crippen LogP contribution in [0.5, 0.6) is 0 Å². The number of carbonyl (C=O) groups excluding carboxylic acids is 1. The lowest BCUT2D eigenvalue weighted by Gasteiger charge is -2.21. The highest BCUT2D eigenvalue weighted by molar-refractivity contribution is 8.26. The number of nitrogens with zero attached hydrogens (tertiary/aromatic N) is 3. The van der Waals surface area contributed by atoms with Crippen LogP contribution in [0.25, 0.3) is 11.7 Å². The third-order valence-electron chi connectivity index (χ3n) is 6.52. The molecule has 0 spiro atoms. The third-order valence-corrected chi connectivity index (χ3v) is 7.85. The Bertz CT molecular complexity index is 1380. The van der Waals surface area contributed by atoms with Crippen molar-refractivity contribution in [3.63, 3.8) is 0 Å². The number of thiocarbonyl (C=S) groups is 1. The van der Waals surface area contributed by atoms with Gasteiger partial charge in [-0.1, -0.05) is 73.2 Å². The van der Waals surface area contributed by atoms with Crippen LogP contribution >= 0.6 is 24.0 Å². The number of fused-ring (bicyclic) bond motifs is 1. The van der Waals surface area contributed by atoms with E-state index in [1.807, 2.05) is 43.3 Å². The molecule has 1 unspecified atom stereocenters. The number of aliphatic hydroxyl groups excluding tert-OH is 1. The molecule has 35 heavy (non-hydrogen) atoms. The van der Waals surface area contributed by atoms with Gasteiger partial charge in [0.05, 0.1) is 16.6 Å². The molecule has 2 N–H and O–H groups in total. The van der Waals surface area contributed by atoms with Gasteiger partial charge in [-0.05, 0) is 43.0 Å². The molecule has 5 rings (SSSR count). The van der Waals surface area contributed by atoms with Crippen LogP contribution in [0, 0.1) is 6.92 Å². The highest BCUT2D eigenvalue weighted by Gasteiger charge is 2.38. The van der Waals surface area contributed by atoms with E-state index in [-0.39, 0.29) is 29.6 Å². The number of hydrogen-bond donors (Lipinski definition) is 2. The second-order valence-electron chi connectivity index (χ2n) is 8.86. The molecule has 2 fully saturated rings. The number of aliphatic hydroxyl groups is 1. The van der Waals surface area contributed by atoms with Crippen molar-refractivity contribution in [2.45, 2.75) is 44.8 Å². The lowest BCUT2D eigenvalue weighted by Crippen LogP contribution is -2.36. The summed E-state index contributed by atoms with van der Waals surface area (Å²) in [5.74, 6) is 0.168. The number of benzene rings is 1. The molecule has 7 nitrogen and oxygen atoms in total. The van der Waals surface area contributed by atoms with Crippen molar-refractivity contribution in [2.24, 2.45) is 0 Å². The van der Waals surface area contributed by atoms with Gasteiger partial charge in [-0.2, -0.15) is 0 Å². The predicted octanol–water partition coefficient (Wildman–Crippen LogP) is 4.29. The second-order valence-corrected chi connectivity index (χ2v) is 10.5. The summed E-state index contributed by atoms with van der Waals surface area (Å²) in [4.78, 5) is 33.6. The van der Waals surface area contributed by atoms with Gasteiger partial charge in [0.1, 0.15) is 15.8 Å². The minimum Gasteiger partial charge on any atom is -0.387 e. The van der Waals surface area contributed by atoms with E-state index in [9.17, 15) is 14.7 Å². The van der Waals surface area contributed by atoms with E-state index in [4.69, 9.17) is 17.2 Å². The van der Waals surface area contributed by atoms with Crippen molar-refractivity contribution in [2.75, 3.05) is 11.9 Å². The summed E-state index contributed by atoms with van der Waals surface area (Å²) >= 11 is 6.75. The quantitative estimate of drug-likeness (QED) is 0.381. The standard InChI is InChI=1S/C26H26N4O3S2/c1-16-8-7-13-29-23(16)28-22(27-15-20(31)17-9-3-2-4-10-17)19(24(29)32)14-21-25(33)30(26(34)35-21)18-11-5-6-12-18/h2-4,7-10,13-14,18,20,27,31H,5-6,11-12,15H2,1H3. The van der Waals surface area contributed by atoms with Crippen molar-refractivity contribution in [1.82, 2.24) is 14.3 Å². The predicted molar refractivity (Wildman–Crippen MR) is 143 cm³/mol. The molecular weight excluding hydrogens is 480 g/mol. The molecule has 1 saturated carbocycles. The summed E-state index contributed by atoms with van der Waals surface area (Å²) < 4.78 is 2.02. The Kier molecular flexibility index (Phi) is 6.73. The number of amides is 1. The van der Waals surface area contributed by atoms with Crippen molar-refractivity contribution < 1.29 is 9.90 Å². The minimum atomic E-state index is -0.790. The van der Waals surface area contributed by atoms with Crippen LogP contribution in [-0.2, 0) is 4.79 Å². The van der Waals surface area contributed by atoms with Gasteiger partial charge in [-0.25, -0.2) is 4.98 Å². The number of anilines is 1. The van der Waals surface area contributed by atoms with Crippen LogP contribution in [0.3, 0.4) is 0 Å². The van der Waals surface area contributed by atoms with E-state index in [0.717, 1.165) is 36.8 Å². The average molecular weight is 507 g/mol. The molecule has 1 amide bonds. The lowest BCUT2D eigenvalue weighted by atomic mass is 10.1. The van der Waals surface area contributed by atoms with Gasteiger partial charge in [-0.15, -0.1) is 0 Å². The van der Waals surface area contributed by atoms with Crippen molar-refractivity contribution >= 4 is 51.7 Å². The molecule has 0 radical (unpaired) electrons. The van der Waals surface area contributed by atoms with E-state index in [0.29, 0.717) is 20.7 Å². The van der Waals surface area contributed by atoms with Gasteiger partial charge in [0.25, 0.3) is 11.5 Å². The van der Waals surface area contributed by atoms with Crippen LogP contribution in [0.1, 0.15) is 48.5 Å². The Labute approximate surface area is 212 Å². The molecular formula is C26H26N4O3S2. The van der Waals surface area contributed by atoms with E-state index in [2.05, 4.69) is 5.32 Å². The Morgan fingerprint density at radius 3 is 2.69 bits per heavy atom. The number of thioether (sulfide) groups is 1. The Morgan fingerprint density at radius 1 is 1.20 bits per heavy atom. The largest absolute Gasteiger partial charge is 0.387 e. The van der Waals surface area contributed by atoms with Crippen LogP contribution in [0.4, 0.5) is 5.82 Å². The second kappa shape index (κ2) is 9.93. The fourth-order valence-electron chi connectivity index (χ4n) is 4.65. The summed E-state index contributed by atoms with van der Waals surface area (Å²) in [5, 5.41) is 13.8. The van der Waals surface area contributed by atoms with Gasteiger partial charge in [-0.3, -0.25) is 18.9 Å². The number of aryl methyl sites for hydroxylation is 1. The van der Waals surface area contributed by atoms with Gasteiger partial charge in [0, 0.05) is 18.8 Å². The topological polar surface area (TPSA) is 86.9 Å².